The number of hydrogen-bond donors (Lipinski definition) is 3. The minimum Gasteiger partial charge on any atom is -0.478 e. The first-order valence-corrected chi connectivity index (χ1v) is 8.11. The lowest BCUT2D eigenvalue weighted by molar-refractivity contribution is -0.134. The number of nitrogens with one attached hydrogen (secondary N) is 1. The summed E-state index contributed by atoms with van der Waals surface area (Å²) in [5.74, 6) is -1.71. The zero-order valence-corrected chi connectivity index (χ0v) is 13.5. The third-order valence-electron chi connectivity index (χ3n) is 3.87. The highest BCUT2D eigenvalue weighted by Crippen LogP contribution is 2.40. The van der Waals surface area contributed by atoms with Crippen LogP contribution in [0.4, 0.5) is 5.69 Å². The first-order valence-electron chi connectivity index (χ1n) is 8.11. The van der Waals surface area contributed by atoms with Gasteiger partial charge in [0.2, 0.25) is 0 Å². The molecule has 0 radical (unpaired) electrons. The molecule has 7 heteroatoms. The quantitative estimate of drug-likeness (QED) is 0.717. The van der Waals surface area contributed by atoms with Crippen molar-refractivity contribution in [2.45, 2.75) is 25.2 Å². The zero-order chi connectivity index (χ0) is 17.4. The summed E-state index contributed by atoms with van der Waals surface area (Å²) >= 11 is 0. The minimum absolute atomic E-state index is 0.558. The van der Waals surface area contributed by atoms with Crippen molar-refractivity contribution >= 4 is 17.6 Å². The molecule has 0 bridgehead atoms. The van der Waals surface area contributed by atoms with Gasteiger partial charge in [-0.05, 0) is 43.4 Å². The van der Waals surface area contributed by atoms with Gasteiger partial charge in [0.1, 0.15) is 0 Å². The van der Waals surface area contributed by atoms with Gasteiger partial charge < -0.3 is 20.4 Å². The number of carboxylic acids is 2. The molecule has 1 aromatic rings. The van der Waals surface area contributed by atoms with Crippen LogP contribution < -0.4 is 10.2 Å². The largest absolute Gasteiger partial charge is 0.478 e. The molecule has 7 nitrogen and oxygen atoms in total. The average molecular weight is 333 g/mol. The van der Waals surface area contributed by atoms with Crippen LogP contribution in [-0.4, -0.2) is 53.3 Å². The highest BCUT2D eigenvalue weighted by atomic mass is 16.4. The molecule has 2 heterocycles. The van der Waals surface area contributed by atoms with Crippen LogP contribution in [0.15, 0.2) is 30.6 Å². The van der Waals surface area contributed by atoms with Crippen molar-refractivity contribution in [2.24, 2.45) is 0 Å². The van der Waals surface area contributed by atoms with Crippen LogP contribution in [-0.2, 0) is 9.59 Å². The van der Waals surface area contributed by atoms with E-state index in [-0.39, 0.29) is 0 Å². The van der Waals surface area contributed by atoms with Crippen LogP contribution in [0.1, 0.15) is 30.7 Å². The van der Waals surface area contributed by atoms with Gasteiger partial charge in [-0.15, -0.1) is 0 Å². The maximum Gasteiger partial charge on any atom is 0.328 e. The molecule has 24 heavy (non-hydrogen) atoms. The molecule has 3 rings (SSSR count). The Morgan fingerprint density at radius 2 is 1.83 bits per heavy atom. The molecule has 1 aromatic heterocycles. The van der Waals surface area contributed by atoms with Gasteiger partial charge in [-0.3, -0.25) is 4.98 Å². The van der Waals surface area contributed by atoms with E-state index in [0.29, 0.717) is 12.2 Å². The Morgan fingerprint density at radius 3 is 2.46 bits per heavy atom. The number of pyridine rings is 1. The molecule has 1 saturated heterocycles. The lowest BCUT2D eigenvalue weighted by Crippen LogP contribution is -2.27. The van der Waals surface area contributed by atoms with Crippen LogP contribution in [0.3, 0.4) is 0 Å². The second-order valence-electron chi connectivity index (χ2n) is 5.85. The van der Waals surface area contributed by atoms with Crippen molar-refractivity contribution in [3.05, 3.63) is 36.2 Å². The summed E-state index contributed by atoms with van der Waals surface area (Å²) in [6, 6.07) is 2.34. The number of hydrogen-bond acceptors (Lipinski definition) is 5. The average Bonchev–Trinajstić information content (AvgIpc) is 3.40. The first kappa shape index (κ1) is 17.9. The van der Waals surface area contributed by atoms with Gasteiger partial charge in [-0.25, -0.2) is 9.59 Å². The van der Waals surface area contributed by atoms with E-state index in [1.165, 1.54) is 30.5 Å². The molecule has 0 unspecified atom stereocenters. The van der Waals surface area contributed by atoms with Gasteiger partial charge in [-0.1, -0.05) is 0 Å². The first-order chi connectivity index (χ1) is 11.6. The molecule has 0 atom stereocenters. The smallest absolute Gasteiger partial charge is 0.328 e. The van der Waals surface area contributed by atoms with Crippen LogP contribution >= 0.6 is 0 Å². The van der Waals surface area contributed by atoms with E-state index in [1.54, 1.807) is 0 Å². The Hall–Kier alpha value is -2.41. The molecular formula is C17H23N3O4. The Labute approximate surface area is 141 Å². The lowest BCUT2D eigenvalue weighted by Gasteiger charge is -2.22. The topological polar surface area (TPSA) is 103 Å². The molecule has 0 aromatic carbocycles. The lowest BCUT2D eigenvalue weighted by atomic mass is 10.2. The molecule has 1 saturated carbocycles. The molecule has 2 fully saturated rings. The molecule has 3 N–H and O–H groups in total. The Balaban J connectivity index is 0.000000224. The van der Waals surface area contributed by atoms with Crippen molar-refractivity contribution in [1.82, 2.24) is 10.3 Å². The highest BCUT2D eigenvalue weighted by molar-refractivity contribution is 5.89. The number of carbonyl (C=O) groups is 2. The molecular weight excluding hydrogens is 310 g/mol. The Kier molecular flexibility index (Phi) is 6.74. The van der Waals surface area contributed by atoms with Crippen LogP contribution in [0.5, 0.6) is 0 Å². The SMILES string of the molecule is O=C(O)/C=C/C(=O)O.c1ncc(N2CCCNCC2)cc1C1CC1. The summed E-state index contributed by atoms with van der Waals surface area (Å²) in [7, 11) is 0. The molecule has 0 amide bonds. The van der Waals surface area contributed by atoms with E-state index in [0.717, 1.165) is 32.1 Å². The summed E-state index contributed by atoms with van der Waals surface area (Å²) in [6.07, 6.45) is 9.10. The van der Waals surface area contributed by atoms with Crippen LogP contribution in [0.2, 0.25) is 0 Å². The second kappa shape index (κ2) is 9.02. The summed E-state index contributed by atoms with van der Waals surface area (Å²) in [5, 5.41) is 19.1. The van der Waals surface area contributed by atoms with Crippen molar-refractivity contribution < 1.29 is 19.8 Å². The fourth-order valence-corrected chi connectivity index (χ4v) is 2.50. The van der Waals surface area contributed by atoms with Gasteiger partial charge in [0.15, 0.2) is 0 Å². The summed E-state index contributed by atoms with van der Waals surface area (Å²) < 4.78 is 0. The van der Waals surface area contributed by atoms with Crippen molar-refractivity contribution in [3.8, 4) is 0 Å². The number of anilines is 1. The second-order valence-corrected chi connectivity index (χ2v) is 5.85. The standard InChI is InChI=1S/C13H19N3.C4H4O4/c1-4-14-5-7-16(6-1)13-8-12(9-15-10-13)11-2-3-11;5-3(6)1-2-4(7)8/h8-11,14H,1-7H2;1-2H,(H,5,6)(H,7,8)/b;2-1+. The number of aromatic nitrogens is 1. The fraction of sp³-hybridized carbons (Fsp3) is 0.471. The summed E-state index contributed by atoms with van der Waals surface area (Å²) in [5.41, 5.74) is 2.75. The van der Waals surface area contributed by atoms with Crippen molar-refractivity contribution in [2.75, 3.05) is 31.1 Å². The number of rotatable bonds is 4. The maximum absolute atomic E-state index is 9.55. The molecule has 0 spiro atoms. The predicted molar refractivity (Wildman–Crippen MR) is 90.3 cm³/mol. The molecule has 130 valence electrons. The van der Waals surface area contributed by atoms with E-state index < -0.39 is 11.9 Å². The van der Waals surface area contributed by atoms with Crippen molar-refractivity contribution in [1.29, 1.82) is 0 Å². The predicted octanol–water partition coefficient (Wildman–Crippen LogP) is 1.47. The third kappa shape index (κ3) is 6.37. The van der Waals surface area contributed by atoms with E-state index in [2.05, 4.69) is 21.3 Å². The van der Waals surface area contributed by atoms with Gasteiger partial charge in [0.25, 0.3) is 0 Å². The normalized spacial score (nSPS) is 17.8. The number of nitrogens with zero attached hydrogens (tertiary/aromatic N) is 2. The van der Waals surface area contributed by atoms with Gasteiger partial charge in [0, 0.05) is 38.0 Å². The van der Waals surface area contributed by atoms with Gasteiger partial charge >= 0.3 is 11.9 Å². The number of aliphatic carboxylic acids is 2. The monoisotopic (exact) mass is 333 g/mol. The third-order valence-corrected chi connectivity index (χ3v) is 3.87. The number of carboxylic acid groups (broad SMARTS) is 2. The van der Waals surface area contributed by atoms with Crippen molar-refractivity contribution in [3.63, 3.8) is 0 Å². The van der Waals surface area contributed by atoms with E-state index >= 15 is 0 Å². The molecule has 1 aliphatic heterocycles. The molecule has 2 aliphatic rings. The molecule has 1 aliphatic carbocycles. The van der Waals surface area contributed by atoms with Crippen LogP contribution in [0.25, 0.3) is 0 Å². The van der Waals surface area contributed by atoms with Gasteiger partial charge in [0.05, 0.1) is 11.9 Å². The van der Waals surface area contributed by atoms with Gasteiger partial charge in [-0.2, -0.15) is 0 Å². The van der Waals surface area contributed by atoms with E-state index in [4.69, 9.17) is 10.2 Å². The van der Waals surface area contributed by atoms with E-state index in [1.807, 2.05) is 12.4 Å². The van der Waals surface area contributed by atoms with Crippen LogP contribution in [0, 0.1) is 0 Å². The van der Waals surface area contributed by atoms with E-state index in [9.17, 15) is 9.59 Å². The summed E-state index contributed by atoms with van der Waals surface area (Å²) in [4.78, 5) is 26.0. The fourth-order valence-electron chi connectivity index (χ4n) is 2.50. The Bertz CT molecular complexity index is 575. The minimum atomic E-state index is -1.26. The Morgan fingerprint density at radius 1 is 1.12 bits per heavy atom. The highest BCUT2D eigenvalue weighted by Gasteiger charge is 2.24. The summed E-state index contributed by atoms with van der Waals surface area (Å²) in [6.45, 7) is 4.50. The maximum atomic E-state index is 9.55. The zero-order valence-electron chi connectivity index (χ0n) is 13.5.